The van der Waals surface area contributed by atoms with Gasteiger partial charge in [-0.2, -0.15) is 9.40 Å². The molecule has 0 radical (unpaired) electrons. The Morgan fingerprint density at radius 2 is 2.21 bits per heavy atom. The highest BCUT2D eigenvalue weighted by atomic mass is 35.5. The van der Waals surface area contributed by atoms with Gasteiger partial charge in [0.2, 0.25) is 0 Å². The van der Waals surface area contributed by atoms with Crippen LogP contribution in [0.25, 0.3) is 0 Å². The topological polar surface area (TPSA) is 81.2 Å². The molecule has 2 heterocycles. The number of hydrogen-bond acceptors (Lipinski definition) is 4. The molecule has 0 aliphatic carbocycles. The highest BCUT2D eigenvalue weighted by molar-refractivity contribution is 7.89. The van der Waals surface area contributed by atoms with Crippen LogP contribution in [0.4, 0.5) is 0 Å². The summed E-state index contributed by atoms with van der Waals surface area (Å²) in [5, 5.41) is 4.48. The van der Waals surface area contributed by atoms with Gasteiger partial charge in [-0.1, -0.05) is 0 Å². The van der Waals surface area contributed by atoms with Crippen molar-refractivity contribution < 1.29 is 8.42 Å². The molecule has 6 nitrogen and oxygen atoms in total. The molecule has 1 aliphatic rings. The highest BCUT2D eigenvalue weighted by Crippen LogP contribution is 2.24. The van der Waals surface area contributed by atoms with Crippen molar-refractivity contribution in [2.45, 2.75) is 31.8 Å². The van der Waals surface area contributed by atoms with Crippen LogP contribution in [0.5, 0.6) is 0 Å². The van der Waals surface area contributed by atoms with Crippen LogP contribution in [-0.2, 0) is 16.6 Å². The lowest BCUT2D eigenvalue weighted by atomic mass is 10.1. The van der Waals surface area contributed by atoms with E-state index in [1.807, 2.05) is 6.92 Å². The van der Waals surface area contributed by atoms with Crippen molar-refractivity contribution in [3.8, 4) is 0 Å². The molecule has 1 aromatic heterocycles. The molecule has 0 bridgehead atoms. The van der Waals surface area contributed by atoms with Crippen LogP contribution in [0, 0.1) is 12.8 Å². The molecule has 19 heavy (non-hydrogen) atoms. The summed E-state index contributed by atoms with van der Waals surface area (Å²) in [6.07, 6.45) is 0.842. The van der Waals surface area contributed by atoms with Crippen molar-refractivity contribution in [3.05, 3.63) is 11.8 Å². The molecular formula is C11H21ClN4O2S. The van der Waals surface area contributed by atoms with E-state index in [9.17, 15) is 8.42 Å². The third kappa shape index (κ3) is 3.10. The Kier molecular flexibility index (Phi) is 5.37. The first-order valence-corrected chi connectivity index (χ1v) is 7.67. The average molecular weight is 309 g/mol. The number of sulfonamides is 1. The third-order valence-electron chi connectivity index (χ3n) is 3.35. The van der Waals surface area contributed by atoms with Gasteiger partial charge in [0.15, 0.2) is 5.03 Å². The predicted octanol–water partition coefficient (Wildman–Crippen LogP) is 0.603. The van der Waals surface area contributed by atoms with Gasteiger partial charge in [0.1, 0.15) is 0 Å². The zero-order valence-corrected chi connectivity index (χ0v) is 12.9. The second kappa shape index (κ2) is 6.21. The molecule has 1 atom stereocenters. The lowest BCUT2D eigenvalue weighted by Gasteiger charge is -2.16. The Morgan fingerprint density at radius 1 is 1.53 bits per heavy atom. The largest absolute Gasteiger partial charge is 0.330 e. The number of nitrogens with zero attached hydrogens (tertiary/aromatic N) is 3. The molecule has 1 aromatic rings. The van der Waals surface area contributed by atoms with Gasteiger partial charge in [-0.05, 0) is 38.8 Å². The molecule has 1 fully saturated rings. The smallest absolute Gasteiger partial charge is 0.260 e. The number of hydrogen-bond donors (Lipinski definition) is 1. The van der Waals surface area contributed by atoms with Gasteiger partial charge in [-0.25, -0.2) is 8.42 Å². The maximum absolute atomic E-state index is 12.5. The van der Waals surface area contributed by atoms with Crippen LogP contribution in [0.3, 0.4) is 0 Å². The molecule has 0 spiro atoms. The summed E-state index contributed by atoms with van der Waals surface area (Å²) in [6.45, 7) is 5.86. The lowest BCUT2D eigenvalue weighted by molar-refractivity contribution is 0.447. The minimum absolute atomic E-state index is 0. The van der Waals surface area contributed by atoms with Gasteiger partial charge in [0.05, 0.1) is 5.69 Å². The van der Waals surface area contributed by atoms with Crippen molar-refractivity contribution in [2.24, 2.45) is 11.7 Å². The van der Waals surface area contributed by atoms with E-state index >= 15 is 0 Å². The highest BCUT2D eigenvalue weighted by Gasteiger charge is 2.34. The van der Waals surface area contributed by atoms with E-state index in [0.29, 0.717) is 31.2 Å². The van der Waals surface area contributed by atoms with E-state index in [1.54, 1.807) is 17.7 Å². The molecule has 1 unspecified atom stereocenters. The van der Waals surface area contributed by atoms with Crippen molar-refractivity contribution in [1.29, 1.82) is 0 Å². The first-order chi connectivity index (χ1) is 8.48. The van der Waals surface area contributed by atoms with Crippen LogP contribution in [0.1, 0.15) is 19.0 Å². The molecule has 8 heteroatoms. The molecule has 0 saturated carbocycles. The van der Waals surface area contributed by atoms with E-state index in [-0.39, 0.29) is 18.3 Å². The zero-order chi connectivity index (χ0) is 13.3. The van der Waals surface area contributed by atoms with Gasteiger partial charge in [-0.15, -0.1) is 12.4 Å². The molecule has 1 aliphatic heterocycles. The SMILES string of the molecule is CCn1nc(C)cc1S(=O)(=O)N1CCC(CN)C1.Cl. The zero-order valence-electron chi connectivity index (χ0n) is 11.2. The van der Waals surface area contributed by atoms with Crippen molar-refractivity contribution in [1.82, 2.24) is 14.1 Å². The summed E-state index contributed by atoms with van der Waals surface area (Å²) in [7, 11) is -3.43. The average Bonchev–Trinajstić information content (AvgIpc) is 2.94. The van der Waals surface area contributed by atoms with Gasteiger partial charge < -0.3 is 5.73 Å². The maximum Gasteiger partial charge on any atom is 0.260 e. The molecular weight excluding hydrogens is 288 g/mol. The molecule has 0 amide bonds. The van der Waals surface area contributed by atoms with Gasteiger partial charge >= 0.3 is 0 Å². The van der Waals surface area contributed by atoms with E-state index in [4.69, 9.17) is 5.73 Å². The summed E-state index contributed by atoms with van der Waals surface area (Å²) in [5.74, 6) is 0.277. The third-order valence-corrected chi connectivity index (χ3v) is 5.22. The Bertz CT molecular complexity index is 529. The fourth-order valence-corrected chi connectivity index (χ4v) is 4.07. The molecule has 1 saturated heterocycles. The fourth-order valence-electron chi connectivity index (χ4n) is 2.30. The molecule has 2 N–H and O–H groups in total. The summed E-state index contributed by atoms with van der Waals surface area (Å²) in [5.41, 5.74) is 6.33. The van der Waals surface area contributed by atoms with Gasteiger partial charge in [0.25, 0.3) is 10.0 Å². The second-order valence-corrected chi connectivity index (χ2v) is 6.58. The predicted molar refractivity (Wildman–Crippen MR) is 75.8 cm³/mol. The van der Waals surface area contributed by atoms with Gasteiger partial charge in [0, 0.05) is 19.6 Å². The lowest BCUT2D eigenvalue weighted by Crippen LogP contribution is -2.31. The molecule has 2 rings (SSSR count). The summed E-state index contributed by atoms with van der Waals surface area (Å²) in [6, 6.07) is 1.63. The number of aromatic nitrogens is 2. The quantitative estimate of drug-likeness (QED) is 0.883. The van der Waals surface area contributed by atoms with Crippen LogP contribution in [0.15, 0.2) is 11.1 Å². The Morgan fingerprint density at radius 3 is 2.74 bits per heavy atom. The van der Waals surface area contributed by atoms with Crippen molar-refractivity contribution in [3.63, 3.8) is 0 Å². The van der Waals surface area contributed by atoms with E-state index in [1.165, 1.54) is 4.31 Å². The minimum Gasteiger partial charge on any atom is -0.330 e. The second-order valence-electron chi connectivity index (χ2n) is 4.69. The summed E-state index contributed by atoms with van der Waals surface area (Å²) < 4.78 is 28.1. The molecule has 0 aromatic carbocycles. The minimum atomic E-state index is -3.43. The van der Waals surface area contributed by atoms with Crippen LogP contribution in [-0.4, -0.2) is 42.1 Å². The van der Waals surface area contributed by atoms with Crippen LogP contribution in [0.2, 0.25) is 0 Å². The first kappa shape index (κ1) is 16.4. The maximum atomic E-state index is 12.5. The van der Waals surface area contributed by atoms with Crippen LogP contribution >= 0.6 is 12.4 Å². The number of aryl methyl sites for hydroxylation is 2. The van der Waals surface area contributed by atoms with Crippen LogP contribution < -0.4 is 5.73 Å². The van der Waals surface area contributed by atoms with E-state index < -0.39 is 10.0 Å². The Balaban J connectivity index is 0.00000180. The van der Waals surface area contributed by atoms with Crippen molar-refractivity contribution >= 4 is 22.4 Å². The normalized spacial score (nSPS) is 20.5. The monoisotopic (exact) mass is 308 g/mol. The summed E-state index contributed by atoms with van der Waals surface area (Å²) >= 11 is 0. The van der Waals surface area contributed by atoms with E-state index in [2.05, 4.69) is 5.10 Å². The Hall–Kier alpha value is -0.630. The standard InChI is InChI=1S/C11H20N4O2S.ClH/c1-3-15-11(6-9(2)13-15)18(16,17)14-5-4-10(7-12)8-14;/h6,10H,3-5,7-8,12H2,1-2H3;1H. The first-order valence-electron chi connectivity index (χ1n) is 6.23. The molecule has 110 valence electrons. The number of rotatable bonds is 4. The van der Waals surface area contributed by atoms with Gasteiger partial charge in [-0.3, -0.25) is 4.68 Å². The fraction of sp³-hybridized carbons (Fsp3) is 0.727. The number of nitrogens with two attached hydrogens (primary N) is 1. The van der Waals surface area contributed by atoms with Crippen molar-refractivity contribution in [2.75, 3.05) is 19.6 Å². The number of halogens is 1. The van der Waals surface area contributed by atoms with E-state index in [0.717, 1.165) is 12.1 Å². The summed E-state index contributed by atoms with van der Waals surface area (Å²) in [4.78, 5) is 0. The Labute approximate surface area is 120 Å².